The van der Waals surface area contributed by atoms with Gasteiger partial charge >= 0.3 is 0 Å². The Morgan fingerprint density at radius 2 is 1.45 bits per heavy atom. The molecule has 126 valence electrons. The average Bonchev–Trinajstić information content (AvgIpc) is 2.80. The second-order valence-electron chi connectivity index (χ2n) is 5.60. The van der Waals surface area contributed by atoms with E-state index in [4.69, 9.17) is 14.2 Å². The van der Waals surface area contributed by atoms with Crippen LogP contribution in [-0.4, -0.2) is 27.4 Å². The first-order valence-corrected chi connectivity index (χ1v) is 7.80. The molecular weight excluding hydrogens is 302 g/mol. The van der Waals surface area contributed by atoms with Crippen molar-refractivity contribution in [2.75, 3.05) is 21.3 Å². The normalized spacial score (nSPS) is 15.6. The van der Waals surface area contributed by atoms with E-state index in [1.165, 1.54) is 38.5 Å². The van der Waals surface area contributed by atoms with Crippen molar-refractivity contribution in [2.45, 2.75) is 51.1 Å². The van der Waals surface area contributed by atoms with Crippen molar-refractivity contribution >= 4 is 0 Å². The molecule has 1 aliphatic carbocycles. The van der Waals surface area contributed by atoms with E-state index >= 15 is 0 Å². The molecule has 2 rings (SSSR count). The number of methoxy groups -OCH3 is 3. The predicted molar refractivity (Wildman–Crippen MR) is 84.4 cm³/mol. The van der Waals surface area contributed by atoms with Crippen molar-refractivity contribution in [3.63, 3.8) is 0 Å². The van der Waals surface area contributed by atoms with Gasteiger partial charge < -0.3 is 31.9 Å². The van der Waals surface area contributed by atoms with Crippen LogP contribution in [-0.2, 0) is 6.54 Å². The fourth-order valence-electron chi connectivity index (χ4n) is 2.98. The van der Waals surface area contributed by atoms with Crippen LogP contribution < -0.4 is 31.9 Å². The average molecular weight is 329 g/mol. The molecule has 22 heavy (non-hydrogen) atoms. The minimum absolute atomic E-state index is 0. The van der Waals surface area contributed by atoms with Gasteiger partial charge in [-0.1, -0.05) is 25.7 Å². The molecule has 1 aromatic rings. The van der Waals surface area contributed by atoms with Crippen LogP contribution in [0.3, 0.4) is 0 Å². The Hall–Kier alpha value is -1.13. The molecule has 0 atom stereocenters. The summed E-state index contributed by atoms with van der Waals surface area (Å²) in [5.74, 6) is 2.09. The summed E-state index contributed by atoms with van der Waals surface area (Å²) >= 11 is 0. The molecule has 0 amide bonds. The smallest absolute Gasteiger partial charge is 0.203 e. The molecule has 1 saturated carbocycles. The summed E-state index contributed by atoms with van der Waals surface area (Å²) in [4.78, 5) is 0. The number of halogens is 1. The minimum Gasteiger partial charge on any atom is -1.00 e. The molecule has 0 spiro atoms. The van der Waals surface area contributed by atoms with Crippen LogP contribution in [0, 0.1) is 0 Å². The lowest BCUT2D eigenvalue weighted by Crippen LogP contribution is -3.00. The third-order valence-electron chi connectivity index (χ3n) is 4.17. The van der Waals surface area contributed by atoms with Crippen molar-refractivity contribution < 1.29 is 26.6 Å². The summed E-state index contributed by atoms with van der Waals surface area (Å²) in [6, 6.07) is 4.67. The van der Waals surface area contributed by atoms with Gasteiger partial charge in [-0.05, 0) is 30.5 Å². The van der Waals surface area contributed by atoms with E-state index in [0.717, 1.165) is 23.6 Å². The van der Waals surface area contributed by atoms with Crippen LogP contribution in [0.25, 0.3) is 0 Å². The van der Waals surface area contributed by atoms with Gasteiger partial charge in [-0.25, -0.2) is 0 Å². The second-order valence-corrected chi connectivity index (χ2v) is 5.60. The summed E-state index contributed by atoms with van der Waals surface area (Å²) in [6.45, 7) is 0.835. The van der Waals surface area contributed by atoms with Gasteiger partial charge in [-0.3, -0.25) is 0 Å². The zero-order valence-electron chi connectivity index (χ0n) is 13.8. The maximum Gasteiger partial charge on any atom is 0.203 e. The monoisotopic (exact) mass is 328 g/mol. The fraction of sp³-hybridized carbons (Fsp3) is 0.647. The highest BCUT2D eigenvalue weighted by Gasteiger charge is 2.15. The third kappa shape index (κ3) is 4.96. The minimum atomic E-state index is 0. The Kier molecular flexibility index (Phi) is 8.43. The molecule has 5 heteroatoms. The Morgan fingerprint density at radius 3 is 1.91 bits per heavy atom. The molecule has 4 nitrogen and oxygen atoms in total. The van der Waals surface area contributed by atoms with Gasteiger partial charge in [0, 0.05) is 12.6 Å². The summed E-state index contributed by atoms with van der Waals surface area (Å²) < 4.78 is 16.2. The predicted octanol–water partition coefficient (Wildman–Crippen LogP) is 0.529. The number of nitrogens with one attached hydrogen (secondary N) is 1. The lowest BCUT2D eigenvalue weighted by molar-refractivity contribution is -0.00000528. The molecule has 0 heterocycles. The lowest BCUT2D eigenvalue weighted by Gasteiger charge is -2.18. The maximum atomic E-state index is 5.40. The molecule has 1 N–H and O–H groups in total. The molecule has 0 aromatic heterocycles. The van der Waals surface area contributed by atoms with Gasteiger partial charge in [-0.2, -0.15) is 0 Å². The first-order valence-electron chi connectivity index (χ1n) is 7.80. The molecule has 0 radical (unpaired) electrons. The van der Waals surface area contributed by atoms with Crippen LogP contribution in [0.4, 0.5) is 0 Å². The van der Waals surface area contributed by atoms with E-state index < -0.39 is 0 Å². The summed E-state index contributed by atoms with van der Waals surface area (Å²) in [7, 11) is 4.93. The highest BCUT2D eigenvalue weighted by molar-refractivity contribution is 5.53. The molecule has 1 aromatic carbocycles. The molecule has 1 fully saturated rings. The highest BCUT2D eigenvalue weighted by atomic mass is 35.5. The number of hydrogen-bond donors (Lipinski definition) is 1. The van der Waals surface area contributed by atoms with Gasteiger partial charge in [0.15, 0.2) is 11.5 Å². The van der Waals surface area contributed by atoms with Gasteiger partial charge in [0.1, 0.15) is 0 Å². The van der Waals surface area contributed by atoms with Crippen molar-refractivity contribution in [3.05, 3.63) is 17.7 Å². The molecule has 0 aliphatic heterocycles. The van der Waals surface area contributed by atoms with E-state index in [1.54, 1.807) is 21.3 Å². The summed E-state index contributed by atoms with van der Waals surface area (Å²) in [5, 5.41) is 3.67. The first-order chi connectivity index (χ1) is 10.3. The summed E-state index contributed by atoms with van der Waals surface area (Å²) in [5.41, 5.74) is 1.16. The highest BCUT2D eigenvalue weighted by Crippen LogP contribution is 2.38. The quantitative estimate of drug-likeness (QED) is 0.773. The van der Waals surface area contributed by atoms with Crippen LogP contribution in [0.2, 0.25) is 0 Å². The van der Waals surface area contributed by atoms with Crippen LogP contribution >= 0.6 is 0 Å². The van der Waals surface area contributed by atoms with Crippen LogP contribution in [0.1, 0.15) is 44.1 Å². The van der Waals surface area contributed by atoms with Gasteiger partial charge in [0.05, 0.1) is 21.3 Å². The third-order valence-corrected chi connectivity index (χ3v) is 4.17. The topological polar surface area (TPSA) is 39.7 Å². The lowest BCUT2D eigenvalue weighted by atomic mass is 10.1. The number of rotatable bonds is 6. The maximum absolute atomic E-state index is 5.40. The number of hydrogen-bond acceptors (Lipinski definition) is 4. The number of benzene rings is 1. The molecule has 0 saturated heterocycles. The second kappa shape index (κ2) is 9.80. The summed E-state index contributed by atoms with van der Waals surface area (Å²) in [6.07, 6.45) is 8.00. The molecule has 1 aliphatic rings. The van der Waals surface area contributed by atoms with E-state index in [-0.39, 0.29) is 12.4 Å². The Balaban J connectivity index is 0.00000242. The standard InChI is InChI=1S/C17H27NO3.ClH/c1-19-15-10-13(11-16(20-2)17(15)21-3)12-18-14-8-6-4-5-7-9-14;/h10-11,14,18H,4-9,12H2,1-3H3;1H/p-1. The largest absolute Gasteiger partial charge is 1.00 e. The Morgan fingerprint density at radius 1 is 0.909 bits per heavy atom. The van der Waals surface area contributed by atoms with Crippen LogP contribution in [0.5, 0.6) is 17.2 Å². The van der Waals surface area contributed by atoms with Gasteiger partial charge in [0.25, 0.3) is 0 Å². The van der Waals surface area contributed by atoms with Crippen LogP contribution in [0.15, 0.2) is 12.1 Å². The Labute approximate surface area is 139 Å². The van der Waals surface area contributed by atoms with Gasteiger partial charge in [-0.15, -0.1) is 0 Å². The van der Waals surface area contributed by atoms with E-state index in [0.29, 0.717) is 11.8 Å². The van der Waals surface area contributed by atoms with Crippen molar-refractivity contribution in [1.82, 2.24) is 5.32 Å². The van der Waals surface area contributed by atoms with E-state index in [9.17, 15) is 0 Å². The molecular formula is C17H27ClNO3-. The van der Waals surface area contributed by atoms with Crippen molar-refractivity contribution in [1.29, 1.82) is 0 Å². The van der Waals surface area contributed by atoms with Gasteiger partial charge in [0.2, 0.25) is 5.75 Å². The molecule has 0 bridgehead atoms. The van der Waals surface area contributed by atoms with E-state index in [2.05, 4.69) is 5.32 Å². The fourth-order valence-corrected chi connectivity index (χ4v) is 2.98. The Bertz CT molecular complexity index is 421. The van der Waals surface area contributed by atoms with Crippen molar-refractivity contribution in [3.8, 4) is 17.2 Å². The first kappa shape index (κ1) is 18.9. The van der Waals surface area contributed by atoms with E-state index in [1.807, 2.05) is 12.1 Å². The number of ether oxygens (including phenoxy) is 3. The zero-order chi connectivity index (χ0) is 15.1. The zero-order valence-corrected chi connectivity index (χ0v) is 14.5. The van der Waals surface area contributed by atoms with Crippen molar-refractivity contribution in [2.24, 2.45) is 0 Å². The SMILES string of the molecule is COc1cc(CNC2CCCCCC2)cc(OC)c1OC.[Cl-]. The molecule has 0 unspecified atom stereocenters.